The molecular formula is C30H37N5OS. The molecule has 2 fully saturated rings. The topological polar surface area (TPSA) is 62.2 Å². The summed E-state index contributed by atoms with van der Waals surface area (Å²) in [6.07, 6.45) is 8.14. The molecule has 2 N–H and O–H groups in total. The van der Waals surface area contributed by atoms with Crippen LogP contribution in [0, 0.1) is 13.8 Å². The van der Waals surface area contributed by atoms with Crippen molar-refractivity contribution in [2.24, 2.45) is 0 Å². The van der Waals surface area contributed by atoms with Crippen LogP contribution in [0.3, 0.4) is 0 Å². The molecule has 1 amide bonds. The molecule has 37 heavy (non-hydrogen) atoms. The molecule has 2 aliphatic rings. The van der Waals surface area contributed by atoms with Crippen molar-refractivity contribution in [3.63, 3.8) is 0 Å². The molecule has 2 atom stereocenters. The van der Waals surface area contributed by atoms with E-state index in [9.17, 15) is 4.79 Å². The minimum Gasteiger partial charge on any atom is -0.352 e. The minimum absolute atomic E-state index is 0.000152. The highest BCUT2D eigenvalue weighted by Gasteiger charge is 2.41. The van der Waals surface area contributed by atoms with Gasteiger partial charge in [0.15, 0.2) is 5.11 Å². The normalized spacial score (nSPS) is 19.9. The number of amides is 1. The second-order valence-corrected chi connectivity index (χ2v) is 10.7. The second-order valence-electron chi connectivity index (χ2n) is 10.3. The number of carbonyl (C=O) groups is 1. The van der Waals surface area contributed by atoms with E-state index in [1.54, 1.807) is 0 Å². The van der Waals surface area contributed by atoms with Crippen LogP contribution in [0.5, 0.6) is 0 Å². The van der Waals surface area contributed by atoms with Crippen molar-refractivity contribution in [3.8, 4) is 0 Å². The Kier molecular flexibility index (Phi) is 7.60. The fourth-order valence-electron chi connectivity index (χ4n) is 6.20. The number of hydrogen-bond donors (Lipinski definition) is 2. The predicted molar refractivity (Wildman–Crippen MR) is 153 cm³/mol. The third kappa shape index (κ3) is 5.14. The molecule has 1 aliphatic heterocycles. The molecule has 0 bridgehead atoms. The zero-order valence-electron chi connectivity index (χ0n) is 22.0. The Morgan fingerprint density at radius 2 is 1.89 bits per heavy atom. The highest BCUT2D eigenvalue weighted by Crippen LogP contribution is 2.43. The van der Waals surface area contributed by atoms with Gasteiger partial charge in [-0.3, -0.25) is 9.78 Å². The summed E-state index contributed by atoms with van der Waals surface area (Å²) >= 11 is 5.85. The molecule has 5 rings (SSSR count). The molecule has 0 radical (unpaired) electrons. The number of aromatic nitrogens is 2. The Bertz CT molecular complexity index is 1260. The van der Waals surface area contributed by atoms with Gasteiger partial charge < -0.3 is 20.1 Å². The monoisotopic (exact) mass is 515 g/mol. The van der Waals surface area contributed by atoms with Gasteiger partial charge in [0.2, 0.25) is 5.91 Å². The first-order valence-corrected chi connectivity index (χ1v) is 13.9. The van der Waals surface area contributed by atoms with E-state index in [4.69, 9.17) is 12.2 Å². The maximum Gasteiger partial charge on any atom is 0.226 e. The van der Waals surface area contributed by atoms with Gasteiger partial charge in [-0.15, -0.1) is 0 Å². The Morgan fingerprint density at radius 1 is 1.14 bits per heavy atom. The number of para-hydroxylation sites is 1. The number of pyridine rings is 1. The van der Waals surface area contributed by atoms with Crippen LogP contribution in [0.1, 0.15) is 85.4 Å². The van der Waals surface area contributed by atoms with Gasteiger partial charge in [0.25, 0.3) is 0 Å². The predicted octanol–water partition coefficient (Wildman–Crippen LogP) is 6.18. The van der Waals surface area contributed by atoms with E-state index < -0.39 is 0 Å². The summed E-state index contributed by atoms with van der Waals surface area (Å²) in [5, 5.41) is 7.33. The first-order valence-electron chi connectivity index (χ1n) is 13.5. The lowest BCUT2D eigenvalue weighted by molar-refractivity contribution is -0.116. The lowest BCUT2D eigenvalue weighted by Crippen LogP contribution is -2.33. The third-order valence-electron chi connectivity index (χ3n) is 7.98. The fraction of sp³-hybridized carbons (Fsp3) is 0.433. The first-order chi connectivity index (χ1) is 18.0. The van der Waals surface area contributed by atoms with E-state index in [0.717, 1.165) is 23.4 Å². The van der Waals surface area contributed by atoms with E-state index >= 15 is 0 Å². The number of benzene rings is 1. The molecule has 7 heteroatoms. The van der Waals surface area contributed by atoms with Crippen LogP contribution in [0.4, 0.5) is 5.69 Å². The van der Waals surface area contributed by atoms with E-state index in [1.165, 1.54) is 42.6 Å². The fourth-order valence-corrected chi connectivity index (χ4v) is 6.53. The van der Waals surface area contributed by atoms with E-state index in [0.29, 0.717) is 24.1 Å². The minimum atomic E-state index is -0.0740. The number of nitrogens with one attached hydrogen (secondary N) is 2. The maximum absolute atomic E-state index is 13.0. The second kappa shape index (κ2) is 11.1. The molecule has 1 aromatic carbocycles. The summed E-state index contributed by atoms with van der Waals surface area (Å²) < 4.78 is 2.53. The molecule has 194 valence electrons. The highest BCUT2D eigenvalue weighted by molar-refractivity contribution is 7.80. The number of nitrogens with zero attached hydrogens (tertiary/aromatic N) is 3. The van der Waals surface area contributed by atoms with Crippen LogP contribution < -0.4 is 10.6 Å². The average Bonchev–Trinajstić information content (AvgIpc) is 3.61. The van der Waals surface area contributed by atoms with Crippen LogP contribution in [0.15, 0.2) is 54.7 Å². The van der Waals surface area contributed by atoms with Crippen molar-refractivity contribution in [2.45, 2.75) is 77.4 Å². The SMILES string of the molecule is CCc1ccccc1NC(=O)CCN1C(=S)NC(c2ccccn2)C1c1cc(C)n(C2CCCC2)c1C. The van der Waals surface area contributed by atoms with Crippen molar-refractivity contribution in [2.75, 3.05) is 11.9 Å². The summed E-state index contributed by atoms with van der Waals surface area (Å²) in [6.45, 7) is 7.09. The lowest BCUT2D eigenvalue weighted by atomic mass is 9.96. The van der Waals surface area contributed by atoms with Gasteiger partial charge in [0.1, 0.15) is 0 Å². The quantitative estimate of drug-likeness (QED) is 0.351. The van der Waals surface area contributed by atoms with E-state index in [2.05, 4.69) is 64.1 Å². The zero-order chi connectivity index (χ0) is 25.9. The smallest absolute Gasteiger partial charge is 0.226 e. The third-order valence-corrected chi connectivity index (χ3v) is 8.33. The van der Waals surface area contributed by atoms with Crippen LogP contribution in [0.2, 0.25) is 0 Å². The Balaban J connectivity index is 1.42. The van der Waals surface area contributed by atoms with Crippen molar-refractivity contribution in [1.29, 1.82) is 0 Å². The summed E-state index contributed by atoms with van der Waals surface area (Å²) in [5.41, 5.74) is 6.86. The molecule has 1 saturated carbocycles. The number of carbonyl (C=O) groups excluding carboxylic acids is 1. The largest absolute Gasteiger partial charge is 0.352 e. The number of hydrogen-bond acceptors (Lipinski definition) is 3. The molecule has 1 aliphatic carbocycles. The van der Waals surface area contributed by atoms with Crippen LogP contribution in [-0.2, 0) is 11.2 Å². The molecule has 6 nitrogen and oxygen atoms in total. The van der Waals surface area contributed by atoms with Crippen molar-refractivity contribution >= 4 is 28.9 Å². The lowest BCUT2D eigenvalue weighted by Gasteiger charge is -2.28. The summed E-state index contributed by atoms with van der Waals surface area (Å²) in [7, 11) is 0. The van der Waals surface area contributed by atoms with Gasteiger partial charge >= 0.3 is 0 Å². The molecule has 2 unspecified atom stereocenters. The van der Waals surface area contributed by atoms with Crippen LogP contribution >= 0.6 is 12.2 Å². The number of thiocarbonyl (C=S) groups is 1. The summed E-state index contributed by atoms with van der Waals surface area (Å²) in [5.74, 6) is 0.000152. The van der Waals surface area contributed by atoms with Crippen LogP contribution in [0.25, 0.3) is 0 Å². The standard InChI is InChI=1S/C30H37N5OS/c1-4-22-11-5-8-14-25(22)32-27(36)16-18-34-29(28(33-30(34)37)26-15-9-10-17-31-26)24-19-20(2)35(21(24)3)23-12-6-7-13-23/h5,8-11,14-15,17,19,23,28-29H,4,6-7,12-13,16,18H2,1-3H3,(H,32,36)(H,33,37). The van der Waals surface area contributed by atoms with Gasteiger partial charge in [-0.05, 0) is 80.7 Å². The van der Waals surface area contributed by atoms with Crippen LogP contribution in [-0.4, -0.2) is 32.0 Å². The van der Waals surface area contributed by atoms with E-state index in [-0.39, 0.29) is 18.0 Å². The van der Waals surface area contributed by atoms with Gasteiger partial charge in [-0.25, -0.2) is 0 Å². The number of rotatable bonds is 8. The molecular weight excluding hydrogens is 478 g/mol. The molecule has 3 heterocycles. The zero-order valence-corrected chi connectivity index (χ0v) is 22.9. The molecule has 3 aromatic rings. The summed E-state index contributed by atoms with van der Waals surface area (Å²) in [6, 6.07) is 16.8. The Hall–Kier alpha value is -3.19. The first kappa shape index (κ1) is 25.5. The van der Waals surface area contributed by atoms with E-state index in [1.807, 2.05) is 36.5 Å². The molecule has 0 spiro atoms. The Labute approximate surface area is 225 Å². The Morgan fingerprint density at radius 3 is 2.62 bits per heavy atom. The van der Waals surface area contributed by atoms with Gasteiger partial charge in [-0.2, -0.15) is 0 Å². The average molecular weight is 516 g/mol. The van der Waals surface area contributed by atoms with Crippen molar-refractivity contribution < 1.29 is 4.79 Å². The van der Waals surface area contributed by atoms with Crippen molar-refractivity contribution in [3.05, 3.63) is 82.9 Å². The number of anilines is 1. The number of aryl methyl sites for hydroxylation is 2. The van der Waals surface area contributed by atoms with Gasteiger partial charge in [0.05, 0.1) is 17.8 Å². The molecule has 2 aromatic heterocycles. The summed E-state index contributed by atoms with van der Waals surface area (Å²) in [4.78, 5) is 19.9. The molecule has 1 saturated heterocycles. The maximum atomic E-state index is 13.0. The van der Waals surface area contributed by atoms with Gasteiger partial charge in [0, 0.05) is 42.3 Å². The highest BCUT2D eigenvalue weighted by atomic mass is 32.1. The van der Waals surface area contributed by atoms with Gasteiger partial charge in [-0.1, -0.05) is 44.0 Å². The van der Waals surface area contributed by atoms with Crippen molar-refractivity contribution in [1.82, 2.24) is 19.8 Å².